The van der Waals surface area contributed by atoms with Gasteiger partial charge in [0, 0.05) is 6.92 Å². The van der Waals surface area contributed by atoms with Gasteiger partial charge >= 0.3 is 5.97 Å². The number of hydrogen-bond acceptors (Lipinski definition) is 3. The third-order valence-electron chi connectivity index (χ3n) is 3.27. The van der Waals surface area contributed by atoms with Gasteiger partial charge in [-0.1, -0.05) is 56.2 Å². The fourth-order valence-electron chi connectivity index (χ4n) is 2.16. The van der Waals surface area contributed by atoms with Gasteiger partial charge in [-0.25, -0.2) is 0 Å². The van der Waals surface area contributed by atoms with Gasteiger partial charge in [0.1, 0.15) is 5.60 Å². The topological polar surface area (TPSA) is 35.5 Å². The zero-order chi connectivity index (χ0) is 16.4. The minimum atomic E-state index is -0.605. The number of rotatable bonds is 9. The van der Waals surface area contributed by atoms with Gasteiger partial charge in [-0.3, -0.25) is 4.79 Å². The molecule has 0 aliphatic carbocycles. The maximum atomic E-state index is 11.1. The van der Waals surface area contributed by atoms with Crippen molar-refractivity contribution in [2.75, 3.05) is 0 Å². The maximum absolute atomic E-state index is 11.1. The summed E-state index contributed by atoms with van der Waals surface area (Å²) in [7, 11) is 0. The van der Waals surface area contributed by atoms with Crippen LogP contribution in [0.3, 0.4) is 0 Å². The van der Waals surface area contributed by atoms with Crippen LogP contribution in [-0.4, -0.2) is 17.7 Å². The zero-order valence-electron chi connectivity index (χ0n) is 14.2. The number of benzene rings is 1. The van der Waals surface area contributed by atoms with Crippen LogP contribution in [0.5, 0.6) is 0 Å². The van der Waals surface area contributed by atoms with E-state index in [1.165, 1.54) is 6.92 Å². The molecule has 0 aliphatic rings. The van der Waals surface area contributed by atoms with E-state index in [0.717, 1.165) is 24.8 Å². The molecule has 0 N–H and O–H groups in total. The van der Waals surface area contributed by atoms with E-state index in [1.54, 1.807) is 0 Å². The van der Waals surface area contributed by atoms with Crippen LogP contribution >= 0.6 is 0 Å². The molecule has 0 heterocycles. The standard InChI is InChI=1S/C19H28O3/c1-5-6-12-18(13-14-19(3,4)22-16(2)20)21-15-17-10-8-7-9-11-17/h7-11,13-14,18H,5-6,12,15H2,1-4H3/b14-13+/t18-/m0/s1. The van der Waals surface area contributed by atoms with Crippen molar-refractivity contribution in [1.29, 1.82) is 0 Å². The Kier molecular flexibility index (Phi) is 7.89. The summed E-state index contributed by atoms with van der Waals surface area (Å²) < 4.78 is 11.3. The van der Waals surface area contributed by atoms with Crippen molar-refractivity contribution in [2.24, 2.45) is 0 Å². The molecule has 0 amide bonds. The highest BCUT2D eigenvalue weighted by molar-refractivity contribution is 5.66. The monoisotopic (exact) mass is 304 g/mol. The highest BCUT2D eigenvalue weighted by Crippen LogP contribution is 2.16. The molecule has 0 saturated carbocycles. The summed E-state index contributed by atoms with van der Waals surface area (Å²) in [4.78, 5) is 11.1. The molecule has 0 radical (unpaired) electrons. The number of carbonyl (C=O) groups is 1. The molecular weight excluding hydrogens is 276 g/mol. The number of unbranched alkanes of at least 4 members (excludes halogenated alkanes) is 1. The van der Waals surface area contributed by atoms with E-state index in [-0.39, 0.29) is 12.1 Å². The van der Waals surface area contributed by atoms with E-state index in [9.17, 15) is 4.79 Å². The molecule has 0 spiro atoms. The van der Waals surface area contributed by atoms with Gasteiger partial charge in [-0.15, -0.1) is 0 Å². The molecule has 1 rings (SSSR count). The van der Waals surface area contributed by atoms with Gasteiger partial charge in [0.05, 0.1) is 12.7 Å². The summed E-state index contributed by atoms with van der Waals surface area (Å²) in [5.41, 5.74) is 0.559. The average Bonchev–Trinajstić information content (AvgIpc) is 2.46. The van der Waals surface area contributed by atoms with Crippen molar-refractivity contribution in [3.05, 3.63) is 48.0 Å². The van der Waals surface area contributed by atoms with E-state index in [4.69, 9.17) is 9.47 Å². The molecule has 3 heteroatoms. The molecule has 0 fully saturated rings. The quantitative estimate of drug-likeness (QED) is 0.491. The van der Waals surface area contributed by atoms with Gasteiger partial charge in [0.2, 0.25) is 0 Å². The molecular formula is C19H28O3. The third-order valence-corrected chi connectivity index (χ3v) is 3.27. The van der Waals surface area contributed by atoms with Crippen LogP contribution in [0.2, 0.25) is 0 Å². The van der Waals surface area contributed by atoms with Crippen molar-refractivity contribution in [1.82, 2.24) is 0 Å². The van der Waals surface area contributed by atoms with Gasteiger partial charge in [-0.2, -0.15) is 0 Å². The first-order chi connectivity index (χ1) is 10.4. The molecule has 0 unspecified atom stereocenters. The SMILES string of the molecule is CCCC[C@@H](/C=C/C(C)(C)OC(C)=O)OCc1ccccc1. The van der Waals surface area contributed by atoms with Crippen molar-refractivity contribution < 1.29 is 14.3 Å². The van der Waals surface area contributed by atoms with E-state index in [0.29, 0.717) is 6.61 Å². The lowest BCUT2D eigenvalue weighted by atomic mass is 10.1. The van der Waals surface area contributed by atoms with Crippen LogP contribution in [0, 0.1) is 0 Å². The fraction of sp³-hybridized carbons (Fsp3) is 0.526. The Morgan fingerprint density at radius 1 is 1.27 bits per heavy atom. The number of esters is 1. The first kappa shape index (κ1) is 18.4. The van der Waals surface area contributed by atoms with Crippen molar-refractivity contribution in [2.45, 2.75) is 65.3 Å². The molecule has 0 aromatic heterocycles. The van der Waals surface area contributed by atoms with Crippen LogP contribution in [-0.2, 0) is 20.9 Å². The predicted molar refractivity (Wildman–Crippen MR) is 89.5 cm³/mol. The molecule has 0 bridgehead atoms. The summed E-state index contributed by atoms with van der Waals surface area (Å²) >= 11 is 0. The number of hydrogen-bond donors (Lipinski definition) is 0. The Balaban J connectivity index is 2.61. The lowest BCUT2D eigenvalue weighted by Crippen LogP contribution is -2.25. The lowest BCUT2D eigenvalue weighted by Gasteiger charge is -2.22. The molecule has 1 aromatic carbocycles. The molecule has 1 atom stereocenters. The second kappa shape index (κ2) is 9.42. The molecule has 0 saturated heterocycles. The summed E-state index contributed by atoms with van der Waals surface area (Å²) in [5.74, 6) is -0.273. The minimum absolute atomic E-state index is 0.0370. The van der Waals surface area contributed by atoms with Crippen LogP contribution in [0.15, 0.2) is 42.5 Å². The number of carbonyl (C=O) groups excluding carboxylic acids is 1. The number of ether oxygens (including phenoxy) is 2. The summed E-state index contributed by atoms with van der Waals surface area (Å²) in [6.45, 7) is 7.93. The fourth-order valence-corrected chi connectivity index (χ4v) is 2.16. The van der Waals surface area contributed by atoms with E-state index in [2.05, 4.69) is 19.1 Å². The summed E-state index contributed by atoms with van der Waals surface area (Å²) in [6.07, 6.45) is 7.18. The van der Waals surface area contributed by atoms with E-state index < -0.39 is 5.60 Å². The van der Waals surface area contributed by atoms with Gasteiger partial charge in [0.15, 0.2) is 0 Å². The maximum Gasteiger partial charge on any atom is 0.303 e. The summed E-state index contributed by atoms with van der Waals surface area (Å²) in [6, 6.07) is 10.1. The first-order valence-electron chi connectivity index (χ1n) is 7.97. The van der Waals surface area contributed by atoms with E-state index in [1.807, 2.05) is 44.2 Å². The highest BCUT2D eigenvalue weighted by Gasteiger charge is 2.18. The van der Waals surface area contributed by atoms with Crippen molar-refractivity contribution >= 4 is 5.97 Å². The largest absolute Gasteiger partial charge is 0.456 e. The minimum Gasteiger partial charge on any atom is -0.456 e. The second-order valence-corrected chi connectivity index (χ2v) is 6.03. The van der Waals surface area contributed by atoms with Crippen LogP contribution < -0.4 is 0 Å². The van der Waals surface area contributed by atoms with E-state index >= 15 is 0 Å². The molecule has 1 aromatic rings. The Morgan fingerprint density at radius 3 is 2.55 bits per heavy atom. The molecule has 22 heavy (non-hydrogen) atoms. The van der Waals surface area contributed by atoms with Crippen molar-refractivity contribution in [3.8, 4) is 0 Å². The normalized spacial score (nSPS) is 13.3. The molecule has 0 aliphatic heterocycles. The van der Waals surface area contributed by atoms with Crippen LogP contribution in [0.25, 0.3) is 0 Å². The Bertz CT molecular complexity index is 463. The third kappa shape index (κ3) is 7.99. The van der Waals surface area contributed by atoms with Crippen LogP contribution in [0.4, 0.5) is 0 Å². The lowest BCUT2D eigenvalue weighted by molar-refractivity contribution is -0.149. The predicted octanol–water partition coefficient (Wildman–Crippen LogP) is 4.66. The molecule has 3 nitrogen and oxygen atoms in total. The smallest absolute Gasteiger partial charge is 0.303 e. The van der Waals surface area contributed by atoms with Gasteiger partial charge in [-0.05, 0) is 31.9 Å². The van der Waals surface area contributed by atoms with Crippen molar-refractivity contribution in [3.63, 3.8) is 0 Å². The van der Waals surface area contributed by atoms with Gasteiger partial charge < -0.3 is 9.47 Å². The second-order valence-electron chi connectivity index (χ2n) is 6.03. The molecule has 122 valence electrons. The van der Waals surface area contributed by atoms with Gasteiger partial charge in [0.25, 0.3) is 0 Å². The summed E-state index contributed by atoms with van der Waals surface area (Å²) in [5, 5.41) is 0. The zero-order valence-corrected chi connectivity index (χ0v) is 14.2. The van der Waals surface area contributed by atoms with Crippen LogP contribution in [0.1, 0.15) is 52.5 Å². The Morgan fingerprint density at radius 2 is 1.95 bits per heavy atom. The average molecular weight is 304 g/mol. The highest BCUT2D eigenvalue weighted by atomic mass is 16.6. The Hall–Kier alpha value is -1.61. The Labute approximate surface area is 134 Å². The first-order valence-corrected chi connectivity index (χ1v) is 7.97.